The molecule has 0 aromatic heterocycles. The normalized spacial score (nSPS) is 9.75. The Balaban J connectivity index is 2.77. The van der Waals surface area contributed by atoms with Crippen molar-refractivity contribution in [2.75, 3.05) is 6.61 Å². The molecule has 0 amide bonds. The highest BCUT2D eigenvalue weighted by atomic mass is 16.6. The van der Waals surface area contributed by atoms with Gasteiger partial charge in [0.15, 0.2) is 0 Å². The van der Waals surface area contributed by atoms with Crippen LogP contribution in [0.15, 0.2) is 5.16 Å². The smallest absolute Gasteiger partial charge is 0.117 e. The van der Waals surface area contributed by atoms with Gasteiger partial charge in [-0.05, 0) is 12.8 Å². The molecule has 0 aliphatic carbocycles. The van der Waals surface area contributed by atoms with Gasteiger partial charge in [-0.25, -0.2) is 0 Å². The van der Waals surface area contributed by atoms with Gasteiger partial charge in [0.25, 0.3) is 0 Å². The summed E-state index contributed by atoms with van der Waals surface area (Å²) in [6.45, 7) is 7.72. The molecule has 0 aliphatic rings. The van der Waals surface area contributed by atoms with Gasteiger partial charge in [0.05, 0.1) is 6.72 Å². The van der Waals surface area contributed by atoms with Crippen LogP contribution in [0.1, 0.15) is 51.9 Å². The molecule has 0 fully saturated rings. The second-order valence-corrected chi connectivity index (χ2v) is 3.06. The van der Waals surface area contributed by atoms with E-state index in [-0.39, 0.29) is 0 Å². The summed E-state index contributed by atoms with van der Waals surface area (Å²) in [6.07, 6.45) is 9.04. The van der Waals surface area contributed by atoms with Crippen molar-refractivity contribution in [3.05, 3.63) is 0 Å². The van der Waals surface area contributed by atoms with Crippen molar-refractivity contribution in [2.24, 2.45) is 5.16 Å². The average molecular weight is 170 g/mol. The summed E-state index contributed by atoms with van der Waals surface area (Å²) >= 11 is 0. The third-order valence-corrected chi connectivity index (χ3v) is 1.91. The molecule has 0 N–H and O–H groups in total. The van der Waals surface area contributed by atoms with E-state index < -0.39 is 0 Å². The zero-order valence-electron chi connectivity index (χ0n) is 8.09. The first-order valence-electron chi connectivity index (χ1n) is 4.94. The second kappa shape index (κ2) is 10.5. The Morgan fingerprint density at radius 3 is 2.17 bits per heavy atom. The van der Waals surface area contributed by atoms with Crippen LogP contribution in [0.4, 0.5) is 0 Å². The van der Waals surface area contributed by atoms with Crippen LogP contribution in [0.3, 0.4) is 0 Å². The lowest BCUT2D eigenvalue weighted by molar-refractivity contribution is 0.142. The zero-order chi connectivity index (χ0) is 9.07. The molecule has 0 atom stereocenters. The first-order valence-corrected chi connectivity index (χ1v) is 4.94. The van der Waals surface area contributed by atoms with Gasteiger partial charge in [0.1, 0.15) is 6.61 Å². The Morgan fingerprint density at radius 1 is 1.00 bits per heavy atom. The van der Waals surface area contributed by atoms with Crippen LogP contribution in [0.5, 0.6) is 0 Å². The highest BCUT2D eigenvalue weighted by Crippen LogP contribution is 2.06. The van der Waals surface area contributed by atoms with Crippen LogP contribution in [0, 0.1) is 0 Å². The van der Waals surface area contributed by atoms with Crippen molar-refractivity contribution < 1.29 is 4.84 Å². The molecule has 0 bridgehead atoms. The van der Waals surface area contributed by atoms with Gasteiger partial charge < -0.3 is 4.84 Å². The van der Waals surface area contributed by atoms with Crippen molar-refractivity contribution in [3.63, 3.8) is 0 Å². The van der Waals surface area contributed by atoms with E-state index in [2.05, 4.69) is 16.9 Å². The lowest BCUT2D eigenvalue weighted by Gasteiger charge is -1.99. The summed E-state index contributed by atoms with van der Waals surface area (Å²) in [6, 6.07) is 0. The third kappa shape index (κ3) is 9.47. The molecule has 0 heterocycles. The van der Waals surface area contributed by atoms with Crippen molar-refractivity contribution >= 4 is 6.72 Å². The number of hydrogen-bond acceptors (Lipinski definition) is 2. The number of nitrogens with zero attached hydrogens (tertiary/aromatic N) is 1. The van der Waals surface area contributed by atoms with Crippen molar-refractivity contribution in [1.29, 1.82) is 0 Å². The molecule has 0 saturated heterocycles. The van der Waals surface area contributed by atoms with E-state index in [9.17, 15) is 0 Å². The fourth-order valence-corrected chi connectivity index (χ4v) is 1.18. The molecule has 0 saturated carbocycles. The fourth-order valence-electron chi connectivity index (χ4n) is 1.18. The standard InChI is InChI=1S/C10H20NO/c1-3-4-5-6-7-8-9-10-12-11-2/h2H,3-10H2,1H3. The molecule has 71 valence electrons. The molecule has 12 heavy (non-hydrogen) atoms. The van der Waals surface area contributed by atoms with Gasteiger partial charge >= 0.3 is 0 Å². The summed E-state index contributed by atoms with van der Waals surface area (Å²) in [7, 11) is 0. The summed E-state index contributed by atoms with van der Waals surface area (Å²) in [4.78, 5) is 4.66. The van der Waals surface area contributed by atoms with Crippen LogP contribution in [-0.2, 0) is 4.84 Å². The van der Waals surface area contributed by atoms with Gasteiger partial charge in [-0.3, -0.25) is 0 Å². The van der Waals surface area contributed by atoms with Crippen molar-refractivity contribution in [2.45, 2.75) is 51.9 Å². The van der Waals surface area contributed by atoms with Gasteiger partial charge in [-0.2, -0.15) is 0 Å². The van der Waals surface area contributed by atoms with Crippen LogP contribution in [-0.4, -0.2) is 13.3 Å². The van der Waals surface area contributed by atoms with Crippen molar-refractivity contribution in [1.82, 2.24) is 0 Å². The van der Waals surface area contributed by atoms with E-state index in [1.54, 1.807) is 0 Å². The van der Waals surface area contributed by atoms with Gasteiger partial charge in [0, 0.05) is 0 Å². The number of hydrogen-bond donors (Lipinski definition) is 0. The van der Waals surface area contributed by atoms with Gasteiger partial charge in [-0.1, -0.05) is 44.2 Å². The maximum Gasteiger partial charge on any atom is 0.117 e. The first-order chi connectivity index (χ1) is 5.91. The molecular formula is C10H20NO. The summed E-state index contributed by atoms with van der Waals surface area (Å²) in [5, 5.41) is 3.08. The fraction of sp³-hybridized carbons (Fsp3) is 0.900. The highest BCUT2D eigenvalue weighted by molar-refractivity contribution is 5.21. The van der Waals surface area contributed by atoms with Crippen LogP contribution in [0.25, 0.3) is 0 Å². The van der Waals surface area contributed by atoms with Crippen LogP contribution < -0.4 is 0 Å². The summed E-state index contributed by atoms with van der Waals surface area (Å²) in [5.41, 5.74) is 0. The molecule has 1 radical (unpaired) electrons. The van der Waals surface area contributed by atoms with Crippen LogP contribution >= 0.6 is 0 Å². The Hall–Kier alpha value is -0.530. The monoisotopic (exact) mass is 170 g/mol. The van der Waals surface area contributed by atoms with Gasteiger partial charge in [-0.15, -0.1) is 0 Å². The molecule has 0 spiro atoms. The number of unbranched alkanes of at least 4 members (excludes halogenated alkanes) is 6. The van der Waals surface area contributed by atoms with Crippen molar-refractivity contribution in [3.8, 4) is 0 Å². The van der Waals surface area contributed by atoms with Gasteiger partial charge in [0.2, 0.25) is 0 Å². The quantitative estimate of drug-likeness (QED) is 0.296. The van der Waals surface area contributed by atoms with E-state index in [0.29, 0.717) is 6.61 Å². The van der Waals surface area contributed by atoms with E-state index in [1.807, 2.05) is 0 Å². The first kappa shape index (κ1) is 11.5. The largest absolute Gasteiger partial charge is 0.396 e. The SMILES string of the molecule is [CH]=NOCCCCCCCCC. The minimum absolute atomic E-state index is 0.671. The lowest BCUT2D eigenvalue weighted by Crippen LogP contribution is -1.87. The van der Waals surface area contributed by atoms with E-state index >= 15 is 0 Å². The Kier molecular flexibility index (Phi) is 10.0. The molecule has 2 heteroatoms. The molecule has 0 rings (SSSR count). The third-order valence-electron chi connectivity index (χ3n) is 1.91. The molecule has 0 aromatic carbocycles. The molecule has 0 aliphatic heterocycles. The predicted molar refractivity (Wildman–Crippen MR) is 52.4 cm³/mol. The highest BCUT2D eigenvalue weighted by Gasteiger charge is 1.90. The van der Waals surface area contributed by atoms with E-state index in [1.165, 1.54) is 38.5 Å². The minimum Gasteiger partial charge on any atom is -0.396 e. The van der Waals surface area contributed by atoms with Crippen LogP contribution in [0.2, 0.25) is 0 Å². The number of rotatable bonds is 9. The summed E-state index contributed by atoms with van der Waals surface area (Å²) in [5.74, 6) is 0. The molecule has 0 aromatic rings. The Labute approximate surface area is 76.0 Å². The Bertz CT molecular complexity index is 93.8. The maximum atomic E-state index is 4.81. The molecule has 0 unspecified atom stereocenters. The van der Waals surface area contributed by atoms with E-state index in [4.69, 9.17) is 6.72 Å². The lowest BCUT2D eigenvalue weighted by atomic mass is 10.1. The van der Waals surface area contributed by atoms with E-state index in [0.717, 1.165) is 6.42 Å². The molecule has 2 nitrogen and oxygen atoms in total. The minimum atomic E-state index is 0.671. The second-order valence-electron chi connectivity index (χ2n) is 3.06. The molecular weight excluding hydrogens is 150 g/mol. The topological polar surface area (TPSA) is 21.6 Å². The zero-order valence-corrected chi connectivity index (χ0v) is 8.09. The predicted octanol–water partition coefficient (Wildman–Crippen LogP) is 3.25. The summed E-state index contributed by atoms with van der Waals surface area (Å²) < 4.78 is 0. The maximum absolute atomic E-state index is 4.81. The Morgan fingerprint density at radius 2 is 1.58 bits per heavy atom. The average Bonchev–Trinajstić information content (AvgIpc) is 2.10.